The minimum atomic E-state index is 0.733. The van der Waals surface area contributed by atoms with Gasteiger partial charge in [0.05, 0.1) is 0 Å². The van der Waals surface area contributed by atoms with Crippen molar-refractivity contribution in [3.05, 3.63) is 20.8 Å². The Balaban J connectivity index is 1.77. The zero-order valence-corrected chi connectivity index (χ0v) is 12.1. The summed E-state index contributed by atoms with van der Waals surface area (Å²) in [6.45, 7) is 1.02. The summed E-state index contributed by atoms with van der Waals surface area (Å²) in [4.78, 5) is 1.42. The molecule has 84 valence electrons. The second-order valence-corrected chi connectivity index (χ2v) is 6.93. The predicted octanol–water partition coefficient (Wildman–Crippen LogP) is 3.88. The minimum absolute atomic E-state index is 0.733. The van der Waals surface area contributed by atoms with Crippen LogP contribution in [-0.2, 0) is 6.54 Å². The van der Waals surface area contributed by atoms with E-state index in [1.165, 1.54) is 28.6 Å². The molecule has 0 spiro atoms. The Morgan fingerprint density at radius 2 is 2.47 bits per heavy atom. The lowest BCUT2D eigenvalue weighted by Gasteiger charge is -2.11. The number of nitrogens with one attached hydrogen (secondary N) is 1. The molecule has 1 saturated carbocycles. The fraction of sp³-hybridized carbons (Fsp3) is 0.636. The van der Waals surface area contributed by atoms with Crippen molar-refractivity contribution in [2.75, 3.05) is 6.26 Å². The summed E-state index contributed by atoms with van der Waals surface area (Å²) in [5, 5.41) is 6.68. The van der Waals surface area contributed by atoms with Crippen LogP contribution in [0.3, 0.4) is 0 Å². The second-order valence-electron chi connectivity index (χ2n) is 3.94. The van der Waals surface area contributed by atoms with Crippen LogP contribution in [0.5, 0.6) is 0 Å². The Morgan fingerprint density at radius 3 is 3.07 bits per heavy atom. The maximum absolute atomic E-state index is 3.66. The van der Waals surface area contributed by atoms with E-state index in [2.05, 4.69) is 38.9 Å². The molecule has 0 aliphatic heterocycles. The monoisotopic (exact) mass is 305 g/mol. The fourth-order valence-electron chi connectivity index (χ4n) is 2.03. The summed E-state index contributed by atoms with van der Waals surface area (Å²) < 4.78 is 1.25. The molecule has 1 aromatic heterocycles. The third-order valence-corrected chi connectivity index (χ3v) is 5.98. The van der Waals surface area contributed by atoms with Gasteiger partial charge in [-0.2, -0.15) is 11.8 Å². The molecular weight excluding hydrogens is 290 g/mol. The van der Waals surface area contributed by atoms with Gasteiger partial charge in [0.15, 0.2) is 0 Å². The maximum atomic E-state index is 3.66. The standard InChI is InChI=1S/C11H16BrNS2/c1-14-9-3-2-8(6-9)13-7-11-10(12)4-5-15-11/h4-5,8-9,13H,2-3,6-7H2,1H3. The Kier molecular flexibility index (Phi) is 4.55. The van der Waals surface area contributed by atoms with E-state index in [9.17, 15) is 0 Å². The molecule has 1 nitrogen and oxygen atoms in total. The first-order valence-electron chi connectivity index (χ1n) is 5.27. The van der Waals surface area contributed by atoms with E-state index in [-0.39, 0.29) is 0 Å². The molecule has 2 unspecified atom stereocenters. The van der Waals surface area contributed by atoms with Gasteiger partial charge in [-0.15, -0.1) is 11.3 Å². The van der Waals surface area contributed by atoms with E-state index in [0.717, 1.165) is 17.8 Å². The van der Waals surface area contributed by atoms with Crippen LogP contribution in [0.2, 0.25) is 0 Å². The molecule has 1 N–H and O–H groups in total. The van der Waals surface area contributed by atoms with Gasteiger partial charge in [0.1, 0.15) is 0 Å². The van der Waals surface area contributed by atoms with E-state index in [1.54, 1.807) is 0 Å². The first-order chi connectivity index (χ1) is 7.29. The summed E-state index contributed by atoms with van der Waals surface area (Å²) in [6.07, 6.45) is 6.28. The zero-order chi connectivity index (χ0) is 10.7. The highest BCUT2D eigenvalue weighted by atomic mass is 79.9. The van der Waals surface area contributed by atoms with Crippen molar-refractivity contribution in [1.82, 2.24) is 5.32 Å². The van der Waals surface area contributed by atoms with E-state index in [1.807, 2.05) is 23.1 Å². The topological polar surface area (TPSA) is 12.0 Å². The van der Waals surface area contributed by atoms with Crippen molar-refractivity contribution in [2.45, 2.75) is 37.1 Å². The molecule has 0 saturated heterocycles. The van der Waals surface area contributed by atoms with Crippen LogP contribution in [-0.4, -0.2) is 17.5 Å². The minimum Gasteiger partial charge on any atom is -0.309 e. The van der Waals surface area contributed by atoms with Gasteiger partial charge in [0, 0.05) is 27.2 Å². The van der Waals surface area contributed by atoms with E-state index < -0.39 is 0 Å². The molecule has 0 aromatic carbocycles. The van der Waals surface area contributed by atoms with E-state index >= 15 is 0 Å². The van der Waals surface area contributed by atoms with Crippen LogP contribution in [0.25, 0.3) is 0 Å². The van der Waals surface area contributed by atoms with Crippen molar-refractivity contribution >= 4 is 39.0 Å². The van der Waals surface area contributed by atoms with Crippen molar-refractivity contribution < 1.29 is 0 Å². The van der Waals surface area contributed by atoms with Crippen molar-refractivity contribution in [3.8, 4) is 0 Å². The molecule has 0 bridgehead atoms. The molecule has 1 aromatic rings. The first kappa shape index (κ1) is 12.0. The van der Waals surface area contributed by atoms with Crippen LogP contribution in [0.15, 0.2) is 15.9 Å². The van der Waals surface area contributed by atoms with Crippen LogP contribution in [0.4, 0.5) is 0 Å². The van der Waals surface area contributed by atoms with Gasteiger partial charge in [0.2, 0.25) is 0 Å². The molecule has 2 rings (SSSR count). The van der Waals surface area contributed by atoms with Gasteiger partial charge in [-0.3, -0.25) is 0 Å². The number of hydrogen-bond acceptors (Lipinski definition) is 3. The molecule has 15 heavy (non-hydrogen) atoms. The highest BCUT2D eigenvalue weighted by molar-refractivity contribution is 9.10. The van der Waals surface area contributed by atoms with Gasteiger partial charge < -0.3 is 5.32 Å². The molecule has 2 atom stereocenters. The van der Waals surface area contributed by atoms with Crippen LogP contribution in [0, 0.1) is 0 Å². The summed E-state index contributed by atoms with van der Waals surface area (Å²) in [5.41, 5.74) is 0. The normalized spacial score (nSPS) is 26.0. The summed E-state index contributed by atoms with van der Waals surface area (Å²) >= 11 is 7.41. The Morgan fingerprint density at radius 1 is 1.60 bits per heavy atom. The van der Waals surface area contributed by atoms with Crippen LogP contribution in [0.1, 0.15) is 24.1 Å². The first-order valence-corrected chi connectivity index (χ1v) is 8.23. The quantitative estimate of drug-likeness (QED) is 0.906. The summed E-state index contributed by atoms with van der Waals surface area (Å²) in [6, 6.07) is 2.86. The number of hydrogen-bond donors (Lipinski definition) is 1. The SMILES string of the molecule is CSC1CCC(NCc2sccc2Br)C1. The Hall–Kier alpha value is 0.490. The molecule has 1 aliphatic carbocycles. The van der Waals surface area contributed by atoms with Gasteiger partial charge >= 0.3 is 0 Å². The lowest BCUT2D eigenvalue weighted by Crippen LogP contribution is -2.25. The summed E-state index contributed by atoms with van der Waals surface area (Å²) in [7, 11) is 0. The van der Waals surface area contributed by atoms with Gasteiger partial charge in [-0.05, 0) is 52.9 Å². The van der Waals surface area contributed by atoms with Gasteiger partial charge in [-0.25, -0.2) is 0 Å². The molecule has 1 aliphatic rings. The smallest absolute Gasteiger partial charge is 0.0327 e. The van der Waals surface area contributed by atoms with Crippen molar-refractivity contribution in [3.63, 3.8) is 0 Å². The predicted molar refractivity (Wildman–Crippen MR) is 73.8 cm³/mol. The highest BCUT2D eigenvalue weighted by Crippen LogP contribution is 2.29. The Labute approximate surface area is 108 Å². The second kappa shape index (κ2) is 5.71. The van der Waals surface area contributed by atoms with Crippen LogP contribution < -0.4 is 5.32 Å². The lowest BCUT2D eigenvalue weighted by molar-refractivity contribution is 0.527. The largest absolute Gasteiger partial charge is 0.309 e. The molecule has 4 heteroatoms. The molecule has 1 heterocycles. The molecule has 0 radical (unpaired) electrons. The Bertz CT molecular complexity index is 313. The maximum Gasteiger partial charge on any atom is 0.0327 e. The van der Waals surface area contributed by atoms with Gasteiger partial charge in [-0.1, -0.05) is 0 Å². The van der Waals surface area contributed by atoms with E-state index in [0.29, 0.717) is 0 Å². The highest BCUT2D eigenvalue weighted by Gasteiger charge is 2.23. The molecule has 1 fully saturated rings. The molecule has 0 amide bonds. The third-order valence-electron chi connectivity index (χ3n) is 2.96. The average molecular weight is 306 g/mol. The molecular formula is C11H16BrNS2. The number of halogens is 1. The third kappa shape index (κ3) is 3.22. The summed E-state index contributed by atoms with van der Waals surface area (Å²) in [5.74, 6) is 0. The number of thioether (sulfide) groups is 1. The van der Waals surface area contributed by atoms with Crippen molar-refractivity contribution in [2.24, 2.45) is 0 Å². The van der Waals surface area contributed by atoms with Gasteiger partial charge in [0.25, 0.3) is 0 Å². The lowest BCUT2D eigenvalue weighted by atomic mass is 10.2. The fourth-order valence-corrected chi connectivity index (χ4v) is 4.27. The van der Waals surface area contributed by atoms with Crippen LogP contribution >= 0.6 is 39.0 Å². The number of rotatable bonds is 4. The number of thiophene rings is 1. The van der Waals surface area contributed by atoms with E-state index in [4.69, 9.17) is 0 Å². The average Bonchev–Trinajstić information content (AvgIpc) is 2.84. The van der Waals surface area contributed by atoms with Crippen molar-refractivity contribution in [1.29, 1.82) is 0 Å². The zero-order valence-electron chi connectivity index (χ0n) is 8.83.